The molecule has 1 heterocycles. The maximum atomic E-state index is 10.4. The molecular formula is C11H16BrNOS. The van der Waals surface area contributed by atoms with Crippen molar-refractivity contribution in [2.24, 2.45) is 5.73 Å². The van der Waals surface area contributed by atoms with Crippen LogP contribution in [0.3, 0.4) is 0 Å². The van der Waals surface area contributed by atoms with Crippen LogP contribution in [-0.2, 0) is 6.42 Å². The van der Waals surface area contributed by atoms with E-state index in [4.69, 9.17) is 5.73 Å². The van der Waals surface area contributed by atoms with Crippen LogP contribution < -0.4 is 5.73 Å². The Labute approximate surface area is 103 Å². The number of aliphatic hydroxyl groups is 1. The van der Waals surface area contributed by atoms with Gasteiger partial charge < -0.3 is 10.8 Å². The van der Waals surface area contributed by atoms with E-state index in [1.807, 2.05) is 0 Å². The summed E-state index contributed by atoms with van der Waals surface area (Å²) in [5.74, 6) is 0. The van der Waals surface area contributed by atoms with Gasteiger partial charge in [0.05, 0.1) is 5.60 Å². The lowest BCUT2D eigenvalue weighted by Gasteiger charge is -2.34. The van der Waals surface area contributed by atoms with Crippen molar-refractivity contribution in [3.05, 3.63) is 20.8 Å². The van der Waals surface area contributed by atoms with E-state index in [0.717, 1.165) is 36.6 Å². The smallest absolute Gasteiger partial charge is 0.0697 e. The molecule has 1 fully saturated rings. The topological polar surface area (TPSA) is 46.2 Å². The molecule has 1 aliphatic rings. The molecule has 1 aliphatic carbocycles. The van der Waals surface area contributed by atoms with Gasteiger partial charge in [0.25, 0.3) is 0 Å². The molecule has 3 N–H and O–H groups in total. The summed E-state index contributed by atoms with van der Waals surface area (Å²) in [6.45, 7) is 0. The molecule has 1 aromatic heterocycles. The minimum absolute atomic E-state index is 0.292. The number of hydrogen-bond donors (Lipinski definition) is 2. The van der Waals surface area contributed by atoms with E-state index in [2.05, 4.69) is 27.4 Å². The highest BCUT2D eigenvalue weighted by atomic mass is 79.9. The lowest BCUT2D eigenvalue weighted by molar-refractivity contribution is 0.000891. The Morgan fingerprint density at radius 1 is 1.53 bits per heavy atom. The van der Waals surface area contributed by atoms with Crippen LogP contribution in [-0.4, -0.2) is 16.7 Å². The van der Waals surface area contributed by atoms with Crippen LogP contribution in [0.15, 0.2) is 15.9 Å². The number of hydrogen-bond acceptors (Lipinski definition) is 3. The van der Waals surface area contributed by atoms with E-state index in [-0.39, 0.29) is 0 Å². The maximum Gasteiger partial charge on any atom is 0.0697 e. The van der Waals surface area contributed by atoms with Gasteiger partial charge in [-0.3, -0.25) is 0 Å². The maximum absolute atomic E-state index is 10.4. The molecule has 1 saturated carbocycles. The van der Waals surface area contributed by atoms with Gasteiger partial charge in [-0.05, 0) is 47.7 Å². The number of halogens is 1. The molecule has 1 aromatic rings. The molecule has 0 aromatic carbocycles. The van der Waals surface area contributed by atoms with Crippen LogP contribution in [0, 0.1) is 0 Å². The molecule has 0 spiro atoms. The SMILES string of the molecule is NC1CCC(O)(Cc2cc(Br)cs2)CC1. The van der Waals surface area contributed by atoms with Crippen molar-refractivity contribution in [2.45, 2.75) is 43.7 Å². The van der Waals surface area contributed by atoms with E-state index in [0.29, 0.717) is 6.04 Å². The van der Waals surface area contributed by atoms with Gasteiger partial charge in [-0.1, -0.05) is 0 Å². The Bertz CT molecular complexity index is 331. The van der Waals surface area contributed by atoms with E-state index in [1.165, 1.54) is 4.88 Å². The van der Waals surface area contributed by atoms with Crippen molar-refractivity contribution in [2.75, 3.05) is 0 Å². The standard InChI is InChI=1S/C11H16BrNOS/c12-8-5-10(15-7-8)6-11(14)3-1-9(13)2-4-11/h5,7,9,14H,1-4,6,13H2. The summed E-state index contributed by atoms with van der Waals surface area (Å²) in [5, 5.41) is 12.5. The third-order valence-electron chi connectivity index (χ3n) is 3.09. The Kier molecular flexibility index (Phi) is 3.50. The minimum Gasteiger partial charge on any atom is -0.390 e. The fourth-order valence-electron chi connectivity index (χ4n) is 2.13. The highest BCUT2D eigenvalue weighted by Crippen LogP contribution is 2.33. The van der Waals surface area contributed by atoms with Gasteiger partial charge in [-0.2, -0.15) is 0 Å². The van der Waals surface area contributed by atoms with Gasteiger partial charge >= 0.3 is 0 Å². The van der Waals surface area contributed by atoms with Crippen molar-refractivity contribution in [1.29, 1.82) is 0 Å². The molecule has 2 nitrogen and oxygen atoms in total. The molecule has 0 bridgehead atoms. The molecular weight excluding hydrogens is 274 g/mol. The van der Waals surface area contributed by atoms with Gasteiger partial charge in [0.1, 0.15) is 0 Å². The Hall–Kier alpha value is 0.1000. The number of thiophene rings is 1. The average Bonchev–Trinajstić information content (AvgIpc) is 2.57. The van der Waals surface area contributed by atoms with Crippen LogP contribution in [0.5, 0.6) is 0 Å². The summed E-state index contributed by atoms with van der Waals surface area (Å²) < 4.78 is 1.11. The van der Waals surface area contributed by atoms with Crippen molar-refractivity contribution in [3.8, 4) is 0 Å². The predicted octanol–water partition coefficient (Wildman–Crippen LogP) is 2.69. The van der Waals surface area contributed by atoms with Crippen LogP contribution in [0.4, 0.5) is 0 Å². The molecule has 0 atom stereocenters. The summed E-state index contributed by atoms with van der Waals surface area (Å²) >= 11 is 5.14. The number of nitrogens with two attached hydrogens (primary N) is 1. The lowest BCUT2D eigenvalue weighted by Crippen LogP contribution is -2.40. The molecule has 0 unspecified atom stereocenters. The highest BCUT2D eigenvalue weighted by molar-refractivity contribution is 9.10. The summed E-state index contributed by atoms with van der Waals surface area (Å²) in [7, 11) is 0. The molecule has 0 saturated heterocycles. The van der Waals surface area contributed by atoms with Crippen molar-refractivity contribution in [3.63, 3.8) is 0 Å². The third-order valence-corrected chi connectivity index (χ3v) is 4.78. The van der Waals surface area contributed by atoms with Gasteiger partial charge in [0, 0.05) is 27.2 Å². The van der Waals surface area contributed by atoms with Gasteiger partial charge in [-0.15, -0.1) is 11.3 Å². The van der Waals surface area contributed by atoms with Gasteiger partial charge in [0.2, 0.25) is 0 Å². The third kappa shape index (κ3) is 3.03. The van der Waals surface area contributed by atoms with E-state index >= 15 is 0 Å². The lowest BCUT2D eigenvalue weighted by atomic mass is 9.80. The minimum atomic E-state index is -0.514. The molecule has 15 heavy (non-hydrogen) atoms. The first kappa shape index (κ1) is 11.6. The zero-order valence-electron chi connectivity index (χ0n) is 8.58. The molecule has 0 amide bonds. The second-order valence-corrected chi connectivity index (χ2v) is 6.38. The van der Waals surface area contributed by atoms with Crippen LogP contribution in [0.1, 0.15) is 30.6 Å². The summed E-state index contributed by atoms with van der Waals surface area (Å²) in [5.41, 5.74) is 5.32. The van der Waals surface area contributed by atoms with Gasteiger partial charge in [0.15, 0.2) is 0 Å². The normalized spacial score (nSPS) is 31.8. The fourth-order valence-corrected chi connectivity index (χ4v) is 3.71. The predicted molar refractivity (Wildman–Crippen MR) is 67.1 cm³/mol. The Morgan fingerprint density at radius 3 is 2.73 bits per heavy atom. The summed E-state index contributed by atoms with van der Waals surface area (Å²) in [4.78, 5) is 1.25. The van der Waals surface area contributed by atoms with Crippen LogP contribution in [0.25, 0.3) is 0 Å². The average molecular weight is 290 g/mol. The van der Waals surface area contributed by atoms with Crippen LogP contribution >= 0.6 is 27.3 Å². The second kappa shape index (κ2) is 4.53. The van der Waals surface area contributed by atoms with Crippen molar-refractivity contribution >= 4 is 27.3 Å². The first-order valence-corrected chi connectivity index (χ1v) is 6.96. The first-order valence-electron chi connectivity index (χ1n) is 5.28. The summed E-state index contributed by atoms with van der Waals surface area (Å²) in [6.07, 6.45) is 4.34. The van der Waals surface area contributed by atoms with Crippen LogP contribution in [0.2, 0.25) is 0 Å². The van der Waals surface area contributed by atoms with Gasteiger partial charge in [-0.25, -0.2) is 0 Å². The molecule has 0 aliphatic heterocycles. The molecule has 4 heteroatoms. The monoisotopic (exact) mass is 289 g/mol. The Balaban J connectivity index is 1.99. The molecule has 84 valence electrons. The highest BCUT2D eigenvalue weighted by Gasteiger charge is 2.32. The second-order valence-electron chi connectivity index (χ2n) is 4.47. The zero-order chi connectivity index (χ0) is 10.9. The summed E-state index contributed by atoms with van der Waals surface area (Å²) in [6, 6.07) is 2.39. The van der Waals surface area contributed by atoms with Crippen molar-refractivity contribution < 1.29 is 5.11 Å². The van der Waals surface area contributed by atoms with E-state index < -0.39 is 5.60 Å². The van der Waals surface area contributed by atoms with E-state index in [9.17, 15) is 5.11 Å². The Morgan fingerprint density at radius 2 is 2.20 bits per heavy atom. The number of rotatable bonds is 2. The fraction of sp³-hybridized carbons (Fsp3) is 0.636. The quantitative estimate of drug-likeness (QED) is 0.879. The van der Waals surface area contributed by atoms with Crippen molar-refractivity contribution in [1.82, 2.24) is 0 Å². The largest absolute Gasteiger partial charge is 0.390 e. The van der Waals surface area contributed by atoms with E-state index in [1.54, 1.807) is 11.3 Å². The first-order chi connectivity index (χ1) is 7.07. The molecule has 0 radical (unpaired) electrons. The zero-order valence-corrected chi connectivity index (χ0v) is 11.0. The molecule has 2 rings (SSSR count).